The van der Waals surface area contributed by atoms with E-state index in [1.54, 1.807) is 26.0 Å². The van der Waals surface area contributed by atoms with Crippen molar-refractivity contribution in [1.29, 1.82) is 0 Å². The summed E-state index contributed by atoms with van der Waals surface area (Å²) >= 11 is 7.30. The molecule has 1 aromatic heterocycles. The highest BCUT2D eigenvalue weighted by Gasteiger charge is 2.18. The number of thiazole rings is 1. The van der Waals surface area contributed by atoms with E-state index in [0.717, 1.165) is 10.6 Å². The van der Waals surface area contributed by atoms with Crippen LogP contribution in [-0.4, -0.2) is 29.5 Å². The Morgan fingerprint density at radius 2 is 2.04 bits per heavy atom. The fourth-order valence-corrected chi connectivity index (χ4v) is 2.82. The Bertz CT molecular complexity index is 685. The van der Waals surface area contributed by atoms with E-state index < -0.39 is 12.1 Å². The van der Waals surface area contributed by atoms with Crippen molar-refractivity contribution in [3.63, 3.8) is 0 Å². The van der Waals surface area contributed by atoms with E-state index in [1.165, 1.54) is 11.3 Å². The molecule has 7 heteroatoms. The maximum absolute atomic E-state index is 11.9. The van der Waals surface area contributed by atoms with E-state index >= 15 is 0 Å². The van der Waals surface area contributed by atoms with E-state index in [0.29, 0.717) is 17.3 Å². The van der Waals surface area contributed by atoms with E-state index in [2.05, 4.69) is 10.3 Å². The topological polar surface area (TPSA) is 68.3 Å². The molecule has 122 valence electrons. The third-order valence-corrected chi connectivity index (χ3v) is 4.19. The van der Waals surface area contributed by atoms with Gasteiger partial charge in [-0.2, -0.15) is 0 Å². The number of aromatic nitrogens is 1. The maximum atomic E-state index is 11.9. The minimum Gasteiger partial charge on any atom is -0.452 e. The molecule has 0 aliphatic heterocycles. The lowest BCUT2D eigenvalue weighted by atomic mass is 10.2. The number of carbonyl (C=O) groups excluding carboxylic acids is 2. The number of nitrogens with one attached hydrogen (secondary N) is 1. The minimum absolute atomic E-state index is 0.0356. The SMILES string of the molecule is CCNC(=O)[C@H](C)OC(=O)Cc1csc(-c2ccc(Cl)cc2)n1. The predicted molar refractivity (Wildman–Crippen MR) is 90.5 cm³/mol. The van der Waals surface area contributed by atoms with Gasteiger partial charge in [0.15, 0.2) is 6.10 Å². The summed E-state index contributed by atoms with van der Waals surface area (Å²) in [7, 11) is 0. The average Bonchev–Trinajstić information content (AvgIpc) is 2.96. The van der Waals surface area contributed by atoms with Gasteiger partial charge in [0, 0.05) is 22.5 Å². The van der Waals surface area contributed by atoms with Gasteiger partial charge >= 0.3 is 5.97 Å². The first-order valence-electron chi connectivity index (χ1n) is 7.17. The van der Waals surface area contributed by atoms with Crippen LogP contribution >= 0.6 is 22.9 Å². The molecule has 1 atom stereocenters. The normalized spacial score (nSPS) is 11.8. The Hall–Kier alpha value is -1.92. The molecule has 0 aliphatic rings. The molecular weight excluding hydrogens is 336 g/mol. The van der Waals surface area contributed by atoms with Crippen molar-refractivity contribution in [1.82, 2.24) is 10.3 Å². The molecule has 0 spiro atoms. The van der Waals surface area contributed by atoms with Crippen LogP contribution < -0.4 is 5.32 Å². The van der Waals surface area contributed by atoms with E-state index in [9.17, 15) is 9.59 Å². The molecule has 0 fully saturated rings. The Morgan fingerprint density at radius 1 is 1.35 bits per heavy atom. The van der Waals surface area contributed by atoms with Gasteiger partial charge in [-0.3, -0.25) is 9.59 Å². The predicted octanol–water partition coefficient (Wildman–Crippen LogP) is 3.07. The number of hydrogen-bond acceptors (Lipinski definition) is 5. The second kappa shape index (κ2) is 8.08. The molecule has 23 heavy (non-hydrogen) atoms. The van der Waals surface area contributed by atoms with Crippen LogP contribution in [0.5, 0.6) is 0 Å². The summed E-state index contributed by atoms with van der Waals surface area (Å²) in [5.41, 5.74) is 1.56. The first-order valence-corrected chi connectivity index (χ1v) is 8.43. The minimum atomic E-state index is -0.808. The lowest BCUT2D eigenvalue weighted by molar-refractivity contribution is -0.154. The molecule has 2 rings (SSSR count). The number of likely N-dealkylation sites (N-methyl/N-ethyl adjacent to an activating group) is 1. The summed E-state index contributed by atoms with van der Waals surface area (Å²) in [4.78, 5) is 27.8. The van der Waals surface area contributed by atoms with Crippen LogP contribution in [0.15, 0.2) is 29.6 Å². The first-order chi connectivity index (χ1) is 11.0. The Kier molecular flexibility index (Phi) is 6.12. The van der Waals surface area contributed by atoms with Crippen LogP contribution in [0.25, 0.3) is 10.6 Å². The molecule has 1 heterocycles. The molecule has 0 saturated heterocycles. The van der Waals surface area contributed by atoms with Crippen LogP contribution in [0, 0.1) is 0 Å². The van der Waals surface area contributed by atoms with Crippen molar-refractivity contribution in [3.05, 3.63) is 40.4 Å². The third kappa shape index (κ3) is 5.04. The van der Waals surface area contributed by atoms with Crippen LogP contribution in [-0.2, 0) is 20.7 Å². The molecule has 2 aromatic rings. The number of rotatable bonds is 6. The molecule has 0 aliphatic carbocycles. The number of hydrogen-bond donors (Lipinski definition) is 1. The third-order valence-electron chi connectivity index (χ3n) is 3.00. The fourth-order valence-electron chi connectivity index (χ4n) is 1.87. The van der Waals surface area contributed by atoms with E-state index in [1.807, 2.05) is 17.5 Å². The largest absolute Gasteiger partial charge is 0.452 e. The van der Waals surface area contributed by atoms with Gasteiger partial charge in [-0.25, -0.2) is 4.98 Å². The summed E-state index contributed by atoms with van der Waals surface area (Å²) < 4.78 is 5.10. The zero-order valence-electron chi connectivity index (χ0n) is 12.8. The van der Waals surface area contributed by atoms with Crippen molar-refractivity contribution >= 4 is 34.8 Å². The molecule has 0 saturated carbocycles. The van der Waals surface area contributed by atoms with Crippen molar-refractivity contribution in [2.24, 2.45) is 0 Å². The smallest absolute Gasteiger partial charge is 0.312 e. The van der Waals surface area contributed by atoms with Crippen molar-refractivity contribution in [2.45, 2.75) is 26.4 Å². The molecule has 1 aromatic carbocycles. The summed E-state index contributed by atoms with van der Waals surface area (Å²) in [5.74, 6) is -0.780. The molecule has 0 radical (unpaired) electrons. The van der Waals surface area contributed by atoms with E-state index in [4.69, 9.17) is 16.3 Å². The highest BCUT2D eigenvalue weighted by atomic mass is 35.5. The molecular formula is C16H17ClN2O3S. The fraction of sp³-hybridized carbons (Fsp3) is 0.312. The van der Waals surface area contributed by atoms with Gasteiger partial charge in [0.25, 0.3) is 5.91 Å². The molecule has 1 amide bonds. The maximum Gasteiger partial charge on any atom is 0.312 e. The van der Waals surface area contributed by atoms with Crippen LogP contribution in [0.1, 0.15) is 19.5 Å². The van der Waals surface area contributed by atoms with Gasteiger partial charge in [0.2, 0.25) is 0 Å². The molecule has 1 N–H and O–H groups in total. The second-order valence-electron chi connectivity index (χ2n) is 4.85. The number of ether oxygens (including phenoxy) is 1. The lowest BCUT2D eigenvalue weighted by Gasteiger charge is -2.11. The first kappa shape index (κ1) is 17.4. The van der Waals surface area contributed by atoms with Gasteiger partial charge in [-0.1, -0.05) is 23.7 Å². The van der Waals surface area contributed by atoms with Gasteiger partial charge < -0.3 is 10.1 Å². The number of halogens is 1. The Morgan fingerprint density at radius 3 is 2.70 bits per heavy atom. The zero-order valence-corrected chi connectivity index (χ0v) is 14.4. The van der Waals surface area contributed by atoms with Crippen LogP contribution in [0.4, 0.5) is 0 Å². The standard InChI is InChI=1S/C16H17ClN2O3S/c1-3-18-15(21)10(2)22-14(20)8-13-9-23-16(19-13)11-4-6-12(17)7-5-11/h4-7,9-10H,3,8H2,1-2H3,(H,18,21)/t10-/m0/s1. The van der Waals surface area contributed by atoms with Gasteiger partial charge in [0.05, 0.1) is 12.1 Å². The van der Waals surface area contributed by atoms with Crippen LogP contribution in [0.2, 0.25) is 5.02 Å². The van der Waals surface area contributed by atoms with Crippen LogP contribution in [0.3, 0.4) is 0 Å². The molecule has 5 nitrogen and oxygen atoms in total. The van der Waals surface area contributed by atoms with Gasteiger partial charge in [0.1, 0.15) is 5.01 Å². The number of nitrogens with zero attached hydrogens (tertiary/aromatic N) is 1. The number of benzene rings is 1. The van der Waals surface area contributed by atoms with Crippen molar-refractivity contribution in [3.8, 4) is 10.6 Å². The van der Waals surface area contributed by atoms with Crippen molar-refractivity contribution < 1.29 is 14.3 Å². The molecule has 0 bridgehead atoms. The van der Waals surface area contributed by atoms with E-state index in [-0.39, 0.29) is 12.3 Å². The average molecular weight is 353 g/mol. The monoisotopic (exact) mass is 352 g/mol. The zero-order chi connectivity index (χ0) is 16.8. The highest BCUT2D eigenvalue weighted by Crippen LogP contribution is 2.25. The summed E-state index contributed by atoms with van der Waals surface area (Å²) in [6.45, 7) is 3.85. The second-order valence-corrected chi connectivity index (χ2v) is 6.15. The Balaban J connectivity index is 1.95. The van der Waals surface area contributed by atoms with Gasteiger partial charge in [-0.15, -0.1) is 11.3 Å². The summed E-state index contributed by atoms with van der Waals surface area (Å²) in [5, 5.41) is 5.88. The summed E-state index contributed by atoms with van der Waals surface area (Å²) in [6.07, 6.45) is -0.773. The molecule has 0 unspecified atom stereocenters. The summed E-state index contributed by atoms with van der Waals surface area (Å²) in [6, 6.07) is 7.33. The lowest BCUT2D eigenvalue weighted by Crippen LogP contribution is -2.35. The number of amides is 1. The Labute approximate surface area is 143 Å². The number of esters is 1. The number of carbonyl (C=O) groups is 2. The van der Waals surface area contributed by atoms with Crippen molar-refractivity contribution in [2.75, 3.05) is 6.54 Å². The highest BCUT2D eigenvalue weighted by molar-refractivity contribution is 7.13. The quantitative estimate of drug-likeness (QED) is 0.811. The van der Waals surface area contributed by atoms with Gasteiger partial charge in [-0.05, 0) is 26.0 Å².